The smallest absolute Gasteiger partial charge is 0.244 e. The van der Waals surface area contributed by atoms with Crippen molar-refractivity contribution in [3.8, 4) is 17.4 Å². The Morgan fingerprint density at radius 1 is 0.967 bits per heavy atom. The molecule has 30 heavy (non-hydrogen) atoms. The van der Waals surface area contributed by atoms with Crippen molar-refractivity contribution in [2.24, 2.45) is 0 Å². The molecule has 2 aromatic heterocycles. The van der Waals surface area contributed by atoms with Gasteiger partial charge in [-0.25, -0.2) is 4.98 Å². The minimum absolute atomic E-state index is 0.0318. The lowest BCUT2D eigenvalue weighted by atomic mass is 10.1. The van der Waals surface area contributed by atoms with Gasteiger partial charge in [-0.1, -0.05) is 31.0 Å². The van der Waals surface area contributed by atoms with Crippen molar-refractivity contribution in [3.05, 3.63) is 66.6 Å². The molecular formula is C23H26N4O3. The Morgan fingerprint density at radius 2 is 1.83 bits per heavy atom. The maximum absolute atomic E-state index is 13.0. The minimum atomic E-state index is 0.0318. The largest absolute Gasteiger partial charge is 0.490 e. The van der Waals surface area contributed by atoms with Crippen molar-refractivity contribution in [1.82, 2.24) is 19.7 Å². The zero-order valence-corrected chi connectivity index (χ0v) is 16.9. The number of hydrogen-bond acceptors (Lipinski definition) is 5. The fourth-order valence-electron chi connectivity index (χ4n) is 3.46. The van der Waals surface area contributed by atoms with Crippen LogP contribution >= 0.6 is 0 Å². The highest BCUT2D eigenvalue weighted by Crippen LogP contribution is 2.32. The summed E-state index contributed by atoms with van der Waals surface area (Å²) in [6, 6.07) is 13.3. The van der Waals surface area contributed by atoms with Crippen molar-refractivity contribution in [3.63, 3.8) is 0 Å². The average molecular weight is 406 g/mol. The zero-order chi connectivity index (χ0) is 20.6. The predicted molar refractivity (Wildman–Crippen MR) is 112 cm³/mol. The summed E-state index contributed by atoms with van der Waals surface area (Å²) in [5.74, 6) is 1.86. The fraction of sp³-hybridized carbons (Fsp3) is 0.348. The van der Waals surface area contributed by atoms with Crippen LogP contribution in [0.25, 0.3) is 0 Å². The molecule has 7 nitrogen and oxygen atoms in total. The number of amides is 1. The van der Waals surface area contributed by atoms with Crippen LogP contribution in [0.5, 0.6) is 17.4 Å². The van der Waals surface area contributed by atoms with Crippen LogP contribution in [0.2, 0.25) is 0 Å². The number of pyridine rings is 1. The van der Waals surface area contributed by atoms with E-state index >= 15 is 0 Å². The highest BCUT2D eigenvalue weighted by atomic mass is 16.5. The standard InChI is InChI=1S/C23H26N4O3/c28-22(18-27-15-8-13-25-27)26-14-5-1-2-6-16-29-20-10-3-4-11-21(20)30-23-19(17-26)9-7-12-24-23/h3-4,7-13,15H,1-2,5-6,14,16-18H2. The summed E-state index contributed by atoms with van der Waals surface area (Å²) in [5, 5.41) is 4.16. The summed E-state index contributed by atoms with van der Waals surface area (Å²) in [5.41, 5.74) is 0.859. The second kappa shape index (κ2) is 9.91. The van der Waals surface area contributed by atoms with E-state index in [1.165, 1.54) is 0 Å². The van der Waals surface area contributed by atoms with Crippen LogP contribution in [-0.4, -0.2) is 38.7 Å². The van der Waals surface area contributed by atoms with Gasteiger partial charge in [0.15, 0.2) is 11.5 Å². The number of benzene rings is 1. The first-order valence-electron chi connectivity index (χ1n) is 10.4. The Hall–Kier alpha value is -3.35. The Labute approximate surface area is 176 Å². The van der Waals surface area contributed by atoms with E-state index in [1.54, 1.807) is 23.3 Å². The molecule has 0 N–H and O–H groups in total. The Kier molecular flexibility index (Phi) is 6.59. The molecule has 1 aromatic carbocycles. The second-order valence-corrected chi connectivity index (χ2v) is 7.30. The Morgan fingerprint density at radius 3 is 2.70 bits per heavy atom. The molecule has 0 aliphatic carbocycles. The van der Waals surface area contributed by atoms with E-state index in [4.69, 9.17) is 9.47 Å². The number of hydrogen-bond donors (Lipinski definition) is 0. The molecule has 0 spiro atoms. The van der Waals surface area contributed by atoms with Crippen molar-refractivity contribution >= 4 is 5.91 Å². The zero-order valence-electron chi connectivity index (χ0n) is 16.9. The van der Waals surface area contributed by atoms with Crippen molar-refractivity contribution in [1.29, 1.82) is 0 Å². The first-order chi connectivity index (χ1) is 14.8. The summed E-state index contributed by atoms with van der Waals surface area (Å²) >= 11 is 0. The minimum Gasteiger partial charge on any atom is -0.490 e. The van der Waals surface area contributed by atoms with E-state index in [0.29, 0.717) is 37.1 Å². The van der Waals surface area contributed by atoms with E-state index in [-0.39, 0.29) is 12.5 Å². The molecule has 7 heteroatoms. The number of ether oxygens (including phenoxy) is 2. The van der Waals surface area contributed by atoms with Crippen LogP contribution in [-0.2, 0) is 17.9 Å². The third-order valence-electron chi connectivity index (χ3n) is 5.06. The molecule has 0 bridgehead atoms. The lowest BCUT2D eigenvalue weighted by Gasteiger charge is -2.24. The van der Waals surface area contributed by atoms with Crippen LogP contribution in [0, 0.1) is 0 Å². The van der Waals surface area contributed by atoms with Gasteiger partial charge in [0.25, 0.3) is 0 Å². The summed E-state index contributed by atoms with van der Waals surface area (Å²) in [7, 11) is 0. The van der Waals surface area contributed by atoms with Gasteiger partial charge in [-0.3, -0.25) is 9.48 Å². The molecule has 1 aliphatic rings. The van der Waals surface area contributed by atoms with Gasteiger partial charge in [0, 0.05) is 30.7 Å². The first kappa shape index (κ1) is 19.9. The number of para-hydroxylation sites is 2. The van der Waals surface area contributed by atoms with Gasteiger partial charge < -0.3 is 14.4 Å². The highest BCUT2D eigenvalue weighted by Gasteiger charge is 2.18. The number of aromatic nitrogens is 3. The number of rotatable bonds is 2. The van der Waals surface area contributed by atoms with Crippen LogP contribution in [0.4, 0.5) is 0 Å². The van der Waals surface area contributed by atoms with Gasteiger partial charge in [-0.05, 0) is 37.1 Å². The lowest BCUT2D eigenvalue weighted by molar-refractivity contribution is -0.132. The maximum atomic E-state index is 13.0. The van der Waals surface area contributed by atoms with E-state index in [9.17, 15) is 4.79 Å². The van der Waals surface area contributed by atoms with Gasteiger partial charge in [-0.15, -0.1) is 0 Å². The Bertz CT molecular complexity index is 959. The molecule has 0 radical (unpaired) electrons. The second-order valence-electron chi connectivity index (χ2n) is 7.30. The summed E-state index contributed by atoms with van der Waals surface area (Å²) in [4.78, 5) is 19.3. The molecule has 0 unspecified atom stereocenters. The number of carbonyl (C=O) groups is 1. The predicted octanol–water partition coefficient (Wildman–Crippen LogP) is 4.05. The molecule has 3 aromatic rings. The first-order valence-corrected chi connectivity index (χ1v) is 10.4. The van der Waals surface area contributed by atoms with Crippen LogP contribution in [0.1, 0.15) is 31.2 Å². The average Bonchev–Trinajstić information content (AvgIpc) is 3.27. The number of nitrogens with zero attached hydrogens (tertiary/aromatic N) is 4. The third-order valence-corrected chi connectivity index (χ3v) is 5.06. The molecule has 1 amide bonds. The molecule has 0 fully saturated rings. The van der Waals surface area contributed by atoms with Gasteiger partial charge in [0.1, 0.15) is 6.54 Å². The summed E-state index contributed by atoms with van der Waals surface area (Å²) in [6.45, 7) is 1.98. The van der Waals surface area contributed by atoms with Crippen LogP contribution < -0.4 is 9.47 Å². The van der Waals surface area contributed by atoms with Crippen molar-refractivity contribution in [2.75, 3.05) is 13.2 Å². The number of carbonyl (C=O) groups excluding carboxylic acids is 1. The molecule has 3 heterocycles. The van der Waals surface area contributed by atoms with E-state index < -0.39 is 0 Å². The van der Waals surface area contributed by atoms with E-state index in [0.717, 1.165) is 31.2 Å². The topological polar surface area (TPSA) is 69.5 Å². The summed E-state index contributed by atoms with van der Waals surface area (Å²) < 4.78 is 13.7. The van der Waals surface area contributed by atoms with Gasteiger partial charge >= 0.3 is 0 Å². The lowest BCUT2D eigenvalue weighted by Crippen LogP contribution is -2.34. The molecule has 0 saturated heterocycles. The van der Waals surface area contributed by atoms with Crippen molar-refractivity contribution in [2.45, 2.75) is 38.8 Å². The molecule has 4 rings (SSSR count). The molecule has 156 valence electrons. The summed E-state index contributed by atoms with van der Waals surface area (Å²) in [6.07, 6.45) is 9.19. The van der Waals surface area contributed by atoms with E-state index in [2.05, 4.69) is 10.1 Å². The van der Waals surface area contributed by atoms with Gasteiger partial charge in [0.05, 0.1) is 13.2 Å². The fourth-order valence-corrected chi connectivity index (χ4v) is 3.46. The SMILES string of the molecule is O=C(Cn1cccn1)N1CCCCCCOc2ccccc2Oc2ncccc2C1. The van der Waals surface area contributed by atoms with Crippen LogP contribution in [0.15, 0.2) is 61.1 Å². The monoisotopic (exact) mass is 406 g/mol. The maximum Gasteiger partial charge on any atom is 0.244 e. The quantitative estimate of drug-likeness (QED) is 0.642. The number of fused-ring (bicyclic) bond motifs is 2. The van der Waals surface area contributed by atoms with Gasteiger partial charge in [0.2, 0.25) is 11.8 Å². The molecular weight excluding hydrogens is 380 g/mol. The third kappa shape index (κ3) is 5.17. The van der Waals surface area contributed by atoms with E-state index in [1.807, 2.05) is 47.4 Å². The van der Waals surface area contributed by atoms with Gasteiger partial charge in [-0.2, -0.15) is 5.10 Å². The van der Waals surface area contributed by atoms with Crippen molar-refractivity contribution < 1.29 is 14.3 Å². The normalized spacial score (nSPS) is 15.1. The van der Waals surface area contributed by atoms with Crippen LogP contribution in [0.3, 0.4) is 0 Å². The highest BCUT2D eigenvalue weighted by molar-refractivity contribution is 5.76. The molecule has 0 atom stereocenters. The molecule has 1 aliphatic heterocycles. The molecule has 0 saturated carbocycles. The Balaban J connectivity index is 1.60.